The van der Waals surface area contributed by atoms with Gasteiger partial charge in [-0.2, -0.15) is 0 Å². The Balaban J connectivity index is 1.97. The van der Waals surface area contributed by atoms with Gasteiger partial charge in [0, 0.05) is 44.5 Å². The molecule has 1 aliphatic heterocycles. The standard InChI is InChI=1S/C17H24ClN3O4S/c1-3-6-19-16(22)12-20-7-9-21(10-8-20)17(23)13-4-5-14(18)15(11-13)26(2,24)25/h4-5,11H,3,6-10,12H2,1-2H3,(H,19,22). The van der Waals surface area contributed by atoms with Gasteiger partial charge in [-0.1, -0.05) is 18.5 Å². The highest BCUT2D eigenvalue weighted by Gasteiger charge is 2.24. The molecule has 1 N–H and O–H groups in total. The average molecular weight is 402 g/mol. The van der Waals surface area contributed by atoms with Gasteiger partial charge in [-0.05, 0) is 24.6 Å². The summed E-state index contributed by atoms with van der Waals surface area (Å²) in [5.74, 6) is -0.247. The molecular weight excluding hydrogens is 378 g/mol. The van der Waals surface area contributed by atoms with Gasteiger partial charge in [-0.25, -0.2) is 8.42 Å². The smallest absolute Gasteiger partial charge is 0.253 e. The van der Waals surface area contributed by atoms with Gasteiger partial charge in [0.05, 0.1) is 16.5 Å². The van der Waals surface area contributed by atoms with E-state index in [0.29, 0.717) is 44.8 Å². The SMILES string of the molecule is CCCNC(=O)CN1CCN(C(=O)c2ccc(Cl)c(S(C)(=O)=O)c2)CC1. The maximum Gasteiger partial charge on any atom is 0.253 e. The van der Waals surface area contributed by atoms with Crippen molar-refractivity contribution in [2.75, 3.05) is 45.5 Å². The van der Waals surface area contributed by atoms with Crippen LogP contribution in [-0.2, 0) is 14.6 Å². The largest absolute Gasteiger partial charge is 0.355 e. The highest BCUT2D eigenvalue weighted by Crippen LogP contribution is 2.23. The highest BCUT2D eigenvalue weighted by molar-refractivity contribution is 7.90. The number of carbonyl (C=O) groups is 2. The molecule has 0 radical (unpaired) electrons. The third kappa shape index (κ3) is 5.43. The van der Waals surface area contributed by atoms with Gasteiger partial charge in [0.15, 0.2) is 9.84 Å². The molecule has 1 fully saturated rings. The summed E-state index contributed by atoms with van der Waals surface area (Å²) in [5, 5.41) is 2.94. The van der Waals surface area contributed by atoms with E-state index in [1.165, 1.54) is 18.2 Å². The Bertz CT molecular complexity index is 774. The van der Waals surface area contributed by atoms with Crippen molar-refractivity contribution in [2.24, 2.45) is 0 Å². The summed E-state index contributed by atoms with van der Waals surface area (Å²) in [6, 6.07) is 4.29. The Hall–Kier alpha value is -1.64. The van der Waals surface area contributed by atoms with Crippen LogP contribution in [0.15, 0.2) is 23.1 Å². The number of carbonyl (C=O) groups excluding carboxylic acids is 2. The molecule has 7 nitrogen and oxygen atoms in total. The number of piperazine rings is 1. The monoisotopic (exact) mass is 401 g/mol. The summed E-state index contributed by atoms with van der Waals surface area (Å²) in [6.45, 7) is 5.14. The molecule has 9 heteroatoms. The topological polar surface area (TPSA) is 86.8 Å². The van der Waals surface area contributed by atoms with Crippen LogP contribution in [0.25, 0.3) is 0 Å². The van der Waals surface area contributed by atoms with E-state index in [1.54, 1.807) is 4.90 Å². The molecule has 1 aliphatic rings. The van der Waals surface area contributed by atoms with Crippen molar-refractivity contribution >= 4 is 33.3 Å². The van der Waals surface area contributed by atoms with E-state index in [1.807, 2.05) is 11.8 Å². The molecule has 144 valence electrons. The lowest BCUT2D eigenvalue weighted by Crippen LogP contribution is -2.51. The fraction of sp³-hybridized carbons (Fsp3) is 0.529. The van der Waals surface area contributed by atoms with Crippen LogP contribution in [0.2, 0.25) is 5.02 Å². The van der Waals surface area contributed by atoms with Crippen molar-refractivity contribution in [2.45, 2.75) is 18.2 Å². The van der Waals surface area contributed by atoms with Crippen LogP contribution in [0.1, 0.15) is 23.7 Å². The lowest BCUT2D eigenvalue weighted by atomic mass is 10.2. The number of hydrogen-bond acceptors (Lipinski definition) is 5. The zero-order valence-corrected chi connectivity index (χ0v) is 16.6. The molecule has 1 aromatic rings. The van der Waals surface area contributed by atoms with Crippen LogP contribution in [0.5, 0.6) is 0 Å². The summed E-state index contributed by atoms with van der Waals surface area (Å²) in [5.41, 5.74) is 0.295. The van der Waals surface area contributed by atoms with Crippen molar-refractivity contribution in [1.82, 2.24) is 15.1 Å². The van der Waals surface area contributed by atoms with E-state index in [0.717, 1.165) is 12.7 Å². The number of halogens is 1. The second-order valence-electron chi connectivity index (χ2n) is 6.34. The summed E-state index contributed by atoms with van der Waals surface area (Å²) in [6.07, 6.45) is 1.95. The number of amides is 2. The van der Waals surface area contributed by atoms with Gasteiger partial charge in [-0.3, -0.25) is 14.5 Å². The van der Waals surface area contributed by atoms with Crippen LogP contribution in [-0.4, -0.2) is 75.6 Å². The van der Waals surface area contributed by atoms with Crippen molar-refractivity contribution in [3.8, 4) is 0 Å². The first-order chi connectivity index (χ1) is 12.2. The maximum absolute atomic E-state index is 12.7. The predicted molar refractivity (Wildman–Crippen MR) is 100 cm³/mol. The third-order valence-electron chi connectivity index (χ3n) is 4.18. The molecule has 1 heterocycles. The quantitative estimate of drug-likeness (QED) is 0.769. The molecule has 0 aromatic heterocycles. The molecule has 0 unspecified atom stereocenters. The average Bonchev–Trinajstić information content (AvgIpc) is 2.59. The molecule has 1 aromatic carbocycles. The number of nitrogens with zero attached hydrogens (tertiary/aromatic N) is 2. The number of sulfone groups is 1. The number of benzene rings is 1. The molecule has 2 rings (SSSR count). The predicted octanol–water partition coefficient (Wildman–Crippen LogP) is 1.03. The summed E-state index contributed by atoms with van der Waals surface area (Å²) >= 11 is 5.93. The third-order valence-corrected chi connectivity index (χ3v) is 5.75. The van der Waals surface area contributed by atoms with Crippen LogP contribution >= 0.6 is 11.6 Å². The highest BCUT2D eigenvalue weighted by atomic mass is 35.5. The molecule has 0 atom stereocenters. The van der Waals surface area contributed by atoms with E-state index in [4.69, 9.17) is 11.6 Å². The Morgan fingerprint density at radius 2 is 1.85 bits per heavy atom. The van der Waals surface area contributed by atoms with Gasteiger partial charge in [0.2, 0.25) is 5.91 Å². The number of nitrogens with one attached hydrogen (secondary N) is 1. The van der Waals surface area contributed by atoms with Gasteiger partial charge < -0.3 is 10.2 Å². The second-order valence-corrected chi connectivity index (χ2v) is 8.73. The van der Waals surface area contributed by atoms with E-state index >= 15 is 0 Å². The summed E-state index contributed by atoms with van der Waals surface area (Å²) in [4.78, 5) is 28.0. The molecule has 2 amide bonds. The van der Waals surface area contributed by atoms with Crippen LogP contribution in [0, 0.1) is 0 Å². The van der Waals surface area contributed by atoms with Crippen LogP contribution in [0.3, 0.4) is 0 Å². The van der Waals surface area contributed by atoms with E-state index in [9.17, 15) is 18.0 Å². The molecule has 0 saturated carbocycles. The minimum absolute atomic E-state index is 0.0119. The van der Waals surface area contributed by atoms with Crippen LogP contribution in [0.4, 0.5) is 0 Å². The summed E-state index contributed by atoms with van der Waals surface area (Å²) < 4.78 is 23.5. The Morgan fingerprint density at radius 1 is 1.19 bits per heavy atom. The number of hydrogen-bond donors (Lipinski definition) is 1. The van der Waals surface area contributed by atoms with E-state index < -0.39 is 9.84 Å². The van der Waals surface area contributed by atoms with Gasteiger partial charge in [0.1, 0.15) is 0 Å². The van der Waals surface area contributed by atoms with Gasteiger partial charge >= 0.3 is 0 Å². The lowest BCUT2D eigenvalue weighted by Gasteiger charge is -2.34. The van der Waals surface area contributed by atoms with Crippen molar-refractivity contribution < 1.29 is 18.0 Å². The van der Waals surface area contributed by atoms with E-state index in [2.05, 4.69) is 5.32 Å². The zero-order chi connectivity index (χ0) is 19.3. The Labute approximate surface area is 159 Å². The van der Waals surface area contributed by atoms with Crippen LogP contribution < -0.4 is 5.32 Å². The summed E-state index contributed by atoms with van der Waals surface area (Å²) in [7, 11) is -3.51. The molecule has 1 saturated heterocycles. The Morgan fingerprint density at radius 3 is 2.42 bits per heavy atom. The molecular formula is C17H24ClN3O4S. The van der Waals surface area contributed by atoms with Gasteiger partial charge in [-0.15, -0.1) is 0 Å². The molecule has 26 heavy (non-hydrogen) atoms. The minimum atomic E-state index is -3.51. The molecule has 0 aliphatic carbocycles. The fourth-order valence-electron chi connectivity index (χ4n) is 2.74. The van der Waals surface area contributed by atoms with Crippen molar-refractivity contribution in [3.63, 3.8) is 0 Å². The first kappa shape index (κ1) is 20.7. The molecule has 0 spiro atoms. The van der Waals surface area contributed by atoms with E-state index in [-0.39, 0.29) is 21.7 Å². The zero-order valence-electron chi connectivity index (χ0n) is 15.0. The fourth-order valence-corrected chi connectivity index (χ4v) is 4.04. The number of rotatable bonds is 6. The van der Waals surface area contributed by atoms with Crippen molar-refractivity contribution in [3.05, 3.63) is 28.8 Å². The first-order valence-electron chi connectivity index (χ1n) is 8.50. The second kappa shape index (κ2) is 8.83. The van der Waals surface area contributed by atoms with Crippen molar-refractivity contribution in [1.29, 1.82) is 0 Å². The lowest BCUT2D eigenvalue weighted by molar-refractivity contribution is -0.122. The van der Waals surface area contributed by atoms with Gasteiger partial charge in [0.25, 0.3) is 5.91 Å². The maximum atomic E-state index is 12.7. The normalized spacial score (nSPS) is 15.7. The first-order valence-corrected chi connectivity index (χ1v) is 10.8. The Kier molecular flexibility index (Phi) is 7.02. The minimum Gasteiger partial charge on any atom is -0.355 e. The molecule has 0 bridgehead atoms.